The number of hydrogen-bond acceptors (Lipinski definition) is 1. The van der Waals surface area contributed by atoms with Gasteiger partial charge in [0, 0.05) is 17.2 Å². The molecule has 0 bridgehead atoms. The van der Waals surface area contributed by atoms with Gasteiger partial charge in [-0.15, -0.1) is 0 Å². The monoisotopic (exact) mass is 359 g/mol. The largest absolute Gasteiger partial charge is 0.256 e. The molecule has 1 heterocycles. The molecule has 2 aliphatic carbocycles. The van der Waals surface area contributed by atoms with Crippen LogP contribution in [0.4, 0.5) is 0 Å². The summed E-state index contributed by atoms with van der Waals surface area (Å²) in [5.41, 5.74) is 10.2. The van der Waals surface area contributed by atoms with E-state index in [9.17, 15) is 0 Å². The van der Waals surface area contributed by atoms with Gasteiger partial charge in [-0.25, -0.2) is 0 Å². The van der Waals surface area contributed by atoms with Gasteiger partial charge in [-0.1, -0.05) is 92.7 Å². The molecule has 0 amide bonds. The molecule has 1 nitrogen and oxygen atoms in total. The van der Waals surface area contributed by atoms with E-state index in [0.717, 1.165) is 5.69 Å². The van der Waals surface area contributed by atoms with E-state index in [1.165, 1.54) is 38.9 Å². The average Bonchev–Trinajstić information content (AvgIpc) is 3.04. The molecular weight excluding hydrogens is 338 g/mol. The summed E-state index contributed by atoms with van der Waals surface area (Å²) >= 11 is 0. The highest BCUT2D eigenvalue weighted by molar-refractivity contribution is 5.86. The summed E-state index contributed by atoms with van der Waals surface area (Å²) in [6.45, 7) is 4.70. The first-order chi connectivity index (χ1) is 13.7. The molecule has 0 saturated carbocycles. The lowest BCUT2D eigenvalue weighted by atomic mass is 9.56. The third-order valence-electron chi connectivity index (χ3n) is 6.81. The molecule has 0 atom stereocenters. The van der Waals surface area contributed by atoms with Gasteiger partial charge < -0.3 is 0 Å². The van der Waals surface area contributed by atoms with Crippen molar-refractivity contribution < 1.29 is 0 Å². The average molecular weight is 359 g/mol. The Kier molecular flexibility index (Phi) is 2.94. The van der Waals surface area contributed by atoms with Crippen molar-refractivity contribution in [3.8, 4) is 11.3 Å². The maximum atomic E-state index is 4.83. The molecule has 1 heteroatoms. The van der Waals surface area contributed by atoms with E-state index in [1.807, 2.05) is 6.20 Å². The molecule has 0 radical (unpaired) electrons. The van der Waals surface area contributed by atoms with Crippen LogP contribution in [0.25, 0.3) is 11.3 Å². The molecule has 0 N–H and O–H groups in total. The Labute approximate surface area is 165 Å². The quantitative estimate of drug-likeness (QED) is 0.326. The number of fused-ring (bicyclic) bond motifs is 9. The number of aromatic nitrogens is 1. The summed E-state index contributed by atoms with van der Waals surface area (Å²) in [6, 6.07) is 31.1. The van der Waals surface area contributed by atoms with Gasteiger partial charge in [0.15, 0.2) is 0 Å². The van der Waals surface area contributed by atoms with Crippen molar-refractivity contribution >= 4 is 0 Å². The van der Waals surface area contributed by atoms with Gasteiger partial charge in [0.05, 0.1) is 11.1 Å². The lowest BCUT2D eigenvalue weighted by molar-refractivity contribution is 0.563. The molecule has 1 spiro atoms. The Morgan fingerprint density at radius 2 is 1.04 bits per heavy atom. The molecule has 0 aliphatic heterocycles. The van der Waals surface area contributed by atoms with Crippen LogP contribution in [0, 0.1) is 0 Å². The van der Waals surface area contributed by atoms with E-state index in [4.69, 9.17) is 4.98 Å². The summed E-state index contributed by atoms with van der Waals surface area (Å²) in [5, 5.41) is 0. The molecule has 28 heavy (non-hydrogen) atoms. The number of hydrogen-bond donors (Lipinski definition) is 0. The third kappa shape index (κ3) is 1.66. The number of rotatable bonds is 0. The molecule has 4 aromatic rings. The second-order valence-electron chi connectivity index (χ2n) is 8.41. The van der Waals surface area contributed by atoms with Gasteiger partial charge in [-0.05, 0) is 39.4 Å². The van der Waals surface area contributed by atoms with Crippen LogP contribution in [0.1, 0.15) is 47.2 Å². The zero-order valence-electron chi connectivity index (χ0n) is 16.1. The van der Waals surface area contributed by atoms with E-state index >= 15 is 0 Å². The predicted molar refractivity (Wildman–Crippen MR) is 114 cm³/mol. The van der Waals surface area contributed by atoms with Crippen LogP contribution >= 0.6 is 0 Å². The molecule has 0 fully saturated rings. The van der Waals surface area contributed by atoms with E-state index in [0.29, 0.717) is 0 Å². The highest BCUT2D eigenvalue weighted by Crippen LogP contribution is 2.61. The van der Waals surface area contributed by atoms with Crippen LogP contribution in [0.15, 0.2) is 91.1 Å². The third-order valence-corrected chi connectivity index (χ3v) is 6.81. The van der Waals surface area contributed by atoms with Gasteiger partial charge in [-0.3, -0.25) is 4.98 Å². The Morgan fingerprint density at radius 1 is 0.536 bits per heavy atom. The minimum Gasteiger partial charge on any atom is -0.256 e. The van der Waals surface area contributed by atoms with Gasteiger partial charge >= 0.3 is 0 Å². The highest BCUT2D eigenvalue weighted by atomic mass is 14.7. The van der Waals surface area contributed by atoms with Crippen LogP contribution in [-0.4, -0.2) is 4.98 Å². The predicted octanol–water partition coefficient (Wildman–Crippen LogP) is 6.08. The Hall–Kier alpha value is -3.19. The van der Waals surface area contributed by atoms with Crippen LogP contribution in [0.2, 0.25) is 0 Å². The maximum absolute atomic E-state index is 4.83. The van der Waals surface area contributed by atoms with Gasteiger partial charge in [0.1, 0.15) is 0 Å². The normalized spacial score (nSPS) is 16.8. The van der Waals surface area contributed by atoms with Crippen LogP contribution in [0.3, 0.4) is 0 Å². The van der Waals surface area contributed by atoms with E-state index < -0.39 is 0 Å². The molecule has 1 aromatic heterocycles. The van der Waals surface area contributed by atoms with Crippen LogP contribution < -0.4 is 0 Å². The van der Waals surface area contributed by atoms with Crippen molar-refractivity contribution in [3.05, 3.63) is 125 Å². The Morgan fingerprint density at radius 3 is 1.68 bits per heavy atom. The number of pyridine rings is 1. The minimum atomic E-state index is -0.303. The smallest absolute Gasteiger partial charge is 0.0753 e. The van der Waals surface area contributed by atoms with Crippen molar-refractivity contribution in [1.29, 1.82) is 0 Å². The summed E-state index contributed by atoms with van der Waals surface area (Å²) in [6.07, 6.45) is 1.92. The lowest BCUT2D eigenvalue weighted by Crippen LogP contribution is -2.40. The molecule has 3 aromatic carbocycles. The van der Waals surface area contributed by atoms with Crippen molar-refractivity contribution in [2.24, 2.45) is 0 Å². The lowest BCUT2D eigenvalue weighted by Gasteiger charge is -2.46. The fourth-order valence-corrected chi connectivity index (χ4v) is 5.67. The SMILES string of the molecule is CC1(C)c2ccccc2C2(c3ccccc3-c3ncccc32)c2ccccc21. The summed E-state index contributed by atoms with van der Waals surface area (Å²) in [7, 11) is 0. The zero-order valence-corrected chi connectivity index (χ0v) is 16.1. The van der Waals surface area contributed by atoms with E-state index in [1.54, 1.807) is 0 Å². The van der Waals surface area contributed by atoms with Crippen LogP contribution in [0.5, 0.6) is 0 Å². The van der Waals surface area contributed by atoms with Gasteiger partial charge in [-0.2, -0.15) is 0 Å². The highest BCUT2D eigenvalue weighted by Gasteiger charge is 2.53. The molecule has 0 unspecified atom stereocenters. The van der Waals surface area contributed by atoms with Crippen molar-refractivity contribution in [3.63, 3.8) is 0 Å². The van der Waals surface area contributed by atoms with Gasteiger partial charge in [0.2, 0.25) is 0 Å². The first-order valence-electron chi connectivity index (χ1n) is 9.92. The van der Waals surface area contributed by atoms with E-state index in [-0.39, 0.29) is 10.8 Å². The van der Waals surface area contributed by atoms with Crippen molar-refractivity contribution in [1.82, 2.24) is 4.98 Å². The molecule has 2 aliphatic rings. The number of benzene rings is 3. The second-order valence-corrected chi connectivity index (χ2v) is 8.41. The van der Waals surface area contributed by atoms with Crippen molar-refractivity contribution in [2.45, 2.75) is 24.7 Å². The fourth-order valence-electron chi connectivity index (χ4n) is 5.67. The summed E-state index contributed by atoms with van der Waals surface area (Å²) in [4.78, 5) is 4.83. The first-order valence-corrected chi connectivity index (χ1v) is 9.92. The maximum Gasteiger partial charge on any atom is 0.0753 e. The molecule has 6 rings (SSSR count). The topological polar surface area (TPSA) is 12.9 Å². The molecular formula is C27H21N. The van der Waals surface area contributed by atoms with Crippen LogP contribution in [-0.2, 0) is 10.8 Å². The Bertz CT molecular complexity index is 1150. The number of nitrogens with zero attached hydrogens (tertiary/aromatic N) is 1. The van der Waals surface area contributed by atoms with E-state index in [2.05, 4.69) is 98.8 Å². The van der Waals surface area contributed by atoms with Gasteiger partial charge in [0.25, 0.3) is 0 Å². The fraction of sp³-hybridized carbons (Fsp3) is 0.148. The summed E-state index contributed by atoms with van der Waals surface area (Å²) in [5.74, 6) is 0. The summed E-state index contributed by atoms with van der Waals surface area (Å²) < 4.78 is 0. The van der Waals surface area contributed by atoms with Crippen molar-refractivity contribution in [2.75, 3.05) is 0 Å². The second kappa shape index (κ2) is 5.20. The zero-order chi connectivity index (χ0) is 18.9. The Balaban J connectivity index is 1.89. The standard InChI is InChI=1S/C27H21N/c1-26(2)20-12-5-7-14-22(20)27(23-15-8-6-13-21(23)26)19-11-4-3-10-18(19)25-24(27)16-9-17-28-25/h3-17H,1-2H3. The first kappa shape index (κ1) is 15.8. The minimum absolute atomic E-state index is 0.0433. The molecule has 134 valence electrons. The molecule has 0 saturated heterocycles.